The van der Waals surface area contributed by atoms with Gasteiger partial charge in [0.1, 0.15) is 5.82 Å². The predicted molar refractivity (Wildman–Crippen MR) is 72.8 cm³/mol. The van der Waals surface area contributed by atoms with Crippen molar-refractivity contribution in [2.75, 3.05) is 24.7 Å². The molecule has 1 amide bonds. The molecule has 0 atom stereocenters. The molecule has 0 aliphatic rings. The number of amides is 1. The van der Waals surface area contributed by atoms with Crippen LogP contribution in [0.5, 0.6) is 0 Å². The molecule has 1 aromatic carbocycles. The highest BCUT2D eigenvalue weighted by molar-refractivity contribution is 7.99. The first kappa shape index (κ1) is 15.3. The van der Waals surface area contributed by atoms with Gasteiger partial charge in [-0.2, -0.15) is 11.8 Å². The van der Waals surface area contributed by atoms with Gasteiger partial charge in [0.25, 0.3) is 5.91 Å². The number of aliphatic hydroxyl groups is 1. The molecule has 0 aliphatic heterocycles. The summed E-state index contributed by atoms with van der Waals surface area (Å²) in [4.78, 5) is 11.6. The molecule has 0 aromatic heterocycles. The predicted octanol–water partition coefficient (Wildman–Crippen LogP) is 2.32. The van der Waals surface area contributed by atoms with Crippen LogP contribution in [0.3, 0.4) is 0 Å². The number of hydrogen-bond acceptors (Lipinski definition) is 3. The molecule has 0 heterocycles. The number of aliphatic hydroxyl groups excluding tert-OH is 1. The first-order valence-corrected chi connectivity index (χ1v) is 7.10. The maximum Gasteiger partial charge on any atom is 0.254 e. The number of thioether (sulfide) groups is 1. The SMILES string of the molecule is O=C(NCCSCCCO)c1ccc(Cl)cc1F. The molecule has 0 saturated heterocycles. The number of carbonyl (C=O) groups excluding carboxylic acids is 1. The number of nitrogens with one attached hydrogen (secondary N) is 1. The summed E-state index contributed by atoms with van der Waals surface area (Å²) in [7, 11) is 0. The van der Waals surface area contributed by atoms with Crippen LogP contribution in [-0.4, -0.2) is 35.7 Å². The largest absolute Gasteiger partial charge is 0.396 e. The van der Waals surface area contributed by atoms with Gasteiger partial charge in [-0.15, -0.1) is 0 Å². The van der Waals surface area contributed by atoms with Gasteiger partial charge in [0.2, 0.25) is 0 Å². The minimum Gasteiger partial charge on any atom is -0.396 e. The Morgan fingerprint density at radius 1 is 1.44 bits per heavy atom. The second-order valence-corrected chi connectivity index (χ2v) is 5.23. The summed E-state index contributed by atoms with van der Waals surface area (Å²) in [6.45, 7) is 0.645. The molecule has 1 aromatic rings. The lowest BCUT2D eigenvalue weighted by Crippen LogP contribution is -2.26. The van der Waals surface area contributed by atoms with E-state index in [9.17, 15) is 9.18 Å². The summed E-state index contributed by atoms with van der Waals surface area (Å²) < 4.78 is 13.4. The number of benzene rings is 1. The third-order valence-corrected chi connectivity index (χ3v) is 3.46. The fourth-order valence-corrected chi connectivity index (χ4v) is 2.22. The fourth-order valence-electron chi connectivity index (χ4n) is 1.27. The maximum atomic E-state index is 13.4. The van der Waals surface area contributed by atoms with Gasteiger partial charge in [0, 0.05) is 23.9 Å². The molecule has 0 unspecified atom stereocenters. The maximum absolute atomic E-state index is 13.4. The minimum absolute atomic E-state index is 0.000224. The van der Waals surface area contributed by atoms with Gasteiger partial charge in [-0.3, -0.25) is 4.79 Å². The standard InChI is InChI=1S/C12H15ClFNO2S/c13-9-2-3-10(11(14)8-9)12(17)15-4-7-18-6-1-5-16/h2-3,8,16H,1,4-7H2,(H,15,17). The Morgan fingerprint density at radius 3 is 2.89 bits per heavy atom. The van der Waals surface area contributed by atoms with Gasteiger partial charge < -0.3 is 10.4 Å². The van der Waals surface area contributed by atoms with Crippen molar-refractivity contribution < 1.29 is 14.3 Å². The van der Waals surface area contributed by atoms with Crippen LogP contribution in [0.25, 0.3) is 0 Å². The van der Waals surface area contributed by atoms with E-state index in [0.717, 1.165) is 24.0 Å². The smallest absolute Gasteiger partial charge is 0.254 e. The molecule has 100 valence electrons. The van der Waals surface area contributed by atoms with E-state index in [1.807, 2.05) is 0 Å². The number of carbonyl (C=O) groups is 1. The van der Waals surface area contributed by atoms with Gasteiger partial charge in [0.15, 0.2) is 0 Å². The van der Waals surface area contributed by atoms with Crippen molar-refractivity contribution in [3.8, 4) is 0 Å². The Morgan fingerprint density at radius 2 is 2.22 bits per heavy atom. The van der Waals surface area contributed by atoms with Crippen molar-refractivity contribution in [1.29, 1.82) is 0 Å². The van der Waals surface area contributed by atoms with Gasteiger partial charge in [-0.1, -0.05) is 11.6 Å². The van der Waals surface area contributed by atoms with E-state index in [2.05, 4.69) is 5.32 Å². The first-order valence-electron chi connectivity index (χ1n) is 5.57. The summed E-state index contributed by atoms with van der Waals surface area (Å²) in [6.07, 6.45) is 0.741. The van der Waals surface area contributed by atoms with Gasteiger partial charge in [-0.05, 0) is 30.4 Å². The average Bonchev–Trinajstić information content (AvgIpc) is 2.33. The van der Waals surface area contributed by atoms with Crippen molar-refractivity contribution >= 4 is 29.3 Å². The van der Waals surface area contributed by atoms with Crippen LogP contribution in [0.15, 0.2) is 18.2 Å². The van der Waals surface area contributed by atoms with Gasteiger partial charge in [0.05, 0.1) is 5.56 Å². The van der Waals surface area contributed by atoms with Crippen LogP contribution in [0.1, 0.15) is 16.8 Å². The Hall–Kier alpha value is -0.780. The molecule has 1 rings (SSSR count). The molecular formula is C12H15ClFNO2S. The van der Waals surface area contributed by atoms with Crippen molar-refractivity contribution in [2.24, 2.45) is 0 Å². The first-order chi connectivity index (χ1) is 8.65. The second-order valence-electron chi connectivity index (χ2n) is 3.57. The molecule has 0 bridgehead atoms. The van der Waals surface area contributed by atoms with Crippen molar-refractivity contribution in [1.82, 2.24) is 5.32 Å². The van der Waals surface area contributed by atoms with E-state index in [0.29, 0.717) is 6.54 Å². The normalized spacial score (nSPS) is 10.4. The highest BCUT2D eigenvalue weighted by atomic mass is 35.5. The Balaban J connectivity index is 2.32. The Bertz CT molecular complexity index is 404. The molecule has 18 heavy (non-hydrogen) atoms. The number of rotatable bonds is 7. The molecule has 0 fully saturated rings. The van der Waals surface area contributed by atoms with E-state index in [4.69, 9.17) is 16.7 Å². The van der Waals surface area contributed by atoms with Crippen LogP contribution >= 0.6 is 23.4 Å². The van der Waals surface area contributed by atoms with Crippen LogP contribution in [0.2, 0.25) is 5.02 Å². The molecular weight excluding hydrogens is 277 g/mol. The van der Waals surface area contributed by atoms with Gasteiger partial charge >= 0.3 is 0 Å². The Labute approximate surface area is 115 Å². The van der Waals surface area contributed by atoms with Crippen molar-refractivity contribution in [2.45, 2.75) is 6.42 Å². The third-order valence-electron chi connectivity index (χ3n) is 2.15. The summed E-state index contributed by atoms with van der Waals surface area (Å²) in [5.41, 5.74) is -0.000224. The quantitative estimate of drug-likeness (QED) is 0.758. The topological polar surface area (TPSA) is 49.3 Å². The van der Waals surface area contributed by atoms with E-state index in [1.54, 1.807) is 11.8 Å². The number of hydrogen-bond donors (Lipinski definition) is 2. The molecule has 0 radical (unpaired) electrons. The summed E-state index contributed by atoms with van der Waals surface area (Å²) in [5.74, 6) is 0.530. The van der Waals surface area contributed by atoms with Crippen LogP contribution < -0.4 is 5.32 Å². The van der Waals surface area contributed by atoms with Crippen LogP contribution in [0, 0.1) is 5.82 Å². The van der Waals surface area contributed by atoms with E-state index < -0.39 is 11.7 Å². The van der Waals surface area contributed by atoms with Gasteiger partial charge in [-0.25, -0.2) is 4.39 Å². The number of halogens is 2. The summed E-state index contributed by atoms with van der Waals surface area (Å²) >= 11 is 7.23. The van der Waals surface area contributed by atoms with Crippen LogP contribution in [-0.2, 0) is 0 Å². The molecule has 2 N–H and O–H groups in total. The highest BCUT2D eigenvalue weighted by Crippen LogP contribution is 2.14. The highest BCUT2D eigenvalue weighted by Gasteiger charge is 2.10. The summed E-state index contributed by atoms with van der Waals surface area (Å²) in [6, 6.07) is 3.97. The third kappa shape index (κ3) is 5.25. The lowest BCUT2D eigenvalue weighted by Gasteiger charge is -2.06. The monoisotopic (exact) mass is 291 g/mol. The van der Waals surface area contributed by atoms with Crippen molar-refractivity contribution in [3.05, 3.63) is 34.6 Å². The van der Waals surface area contributed by atoms with Crippen LogP contribution in [0.4, 0.5) is 4.39 Å². The lowest BCUT2D eigenvalue weighted by atomic mass is 10.2. The Kier molecular flexibility index (Phi) is 7.08. The van der Waals surface area contributed by atoms with Crippen molar-refractivity contribution in [3.63, 3.8) is 0 Å². The second kappa shape index (κ2) is 8.34. The zero-order valence-electron chi connectivity index (χ0n) is 9.79. The fraction of sp³-hybridized carbons (Fsp3) is 0.417. The molecule has 3 nitrogen and oxygen atoms in total. The molecule has 6 heteroatoms. The van der Waals surface area contributed by atoms with E-state index in [1.165, 1.54) is 12.1 Å². The van der Waals surface area contributed by atoms with E-state index >= 15 is 0 Å². The van der Waals surface area contributed by atoms with E-state index in [-0.39, 0.29) is 17.2 Å². The molecule has 0 saturated carbocycles. The molecule has 0 aliphatic carbocycles. The zero-order chi connectivity index (χ0) is 13.4. The minimum atomic E-state index is -0.618. The average molecular weight is 292 g/mol. The summed E-state index contributed by atoms with van der Waals surface area (Å²) in [5, 5.41) is 11.5. The molecule has 0 spiro atoms. The zero-order valence-corrected chi connectivity index (χ0v) is 11.4. The lowest BCUT2D eigenvalue weighted by molar-refractivity contribution is 0.0952.